The number of benzene rings is 1. The third-order valence-electron chi connectivity index (χ3n) is 3.50. The second-order valence-corrected chi connectivity index (χ2v) is 4.57. The molecule has 1 aliphatic heterocycles. The van der Waals surface area contributed by atoms with E-state index in [-0.39, 0.29) is 0 Å². The maximum absolute atomic E-state index is 5.57. The van der Waals surface area contributed by atoms with Crippen LogP contribution in [0.4, 0.5) is 0 Å². The van der Waals surface area contributed by atoms with E-state index in [4.69, 9.17) is 9.47 Å². The van der Waals surface area contributed by atoms with Crippen LogP contribution < -0.4 is 10.1 Å². The minimum absolute atomic E-state index is 0.571. The summed E-state index contributed by atoms with van der Waals surface area (Å²) in [5.74, 6) is 1.49. The number of rotatable bonds is 4. The molecule has 1 aliphatic rings. The molecule has 1 aromatic carbocycles. The van der Waals surface area contributed by atoms with E-state index in [1.54, 1.807) is 7.11 Å². The van der Waals surface area contributed by atoms with Gasteiger partial charge in [0.1, 0.15) is 5.75 Å². The lowest BCUT2D eigenvalue weighted by Crippen LogP contribution is -2.41. The van der Waals surface area contributed by atoms with Crippen LogP contribution in [-0.4, -0.2) is 33.4 Å². The molecule has 1 saturated heterocycles. The Hall–Kier alpha value is -1.06. The van der Waals surface area contributed by atoms with Crippen LogP contribution in [0, 0.1) is 5.92 Å². The standard InChI is InChI=1S/C14H21NO2/c1-15-14-7-8-17-10-12(14)9-11-3-5-13(16-2)6-4-11/h3-6,12,14-15H,7-10H2,1-2H3/t12-,14-/m0/s1. The Morgan fingerprint density at radius 3 is 2.76 bits per heavy atom. The molecule has 17 heavy (non-hydrogen) atoms. The fourth-order valence-electron chi connectivity index (χ4n) is 2.44. The molecule has 0 aliphatic carbocycles. The summed E-state index contributed by atoms with van der Waals surface area (Å²) in [6.45, 7) is 1.74. The third-order valence-corrected chi connectivity index (χ3v) is 3.50. The fraction of sp³-hybridized carbons (Fsp3) is 0.571. The van der Waals surface area contributed by atoms with Gasteiger partial charge in [0.25, 0.3) is 0 Å². The van der Waals surface area contributed by atoms with Crippen LogP contribution in [-0.2, 0) is 11.2 Å². The molecule has 94 valence electrons. The average molecular weight is 235 g/mol. The molecule has 0 aromatic heterocycles. The van der Waals surface area contributed by atoms with E-state index in [9.17, 15) is 0 Å². The molecule has 0 unspecified atom stereocenters. The lowest BCUT2D eigenvalue weighted by molar-refractivity contribution is 0.0342. The summed E-state index contributed by atoms with van der Waals surface area (Å²) in [5.41, 5.74) is 1.35. The van der Waals surface area contributed by atoms with E-state index in [0.29, 0.717) is 12.0 Å². The number of hydrogen-bond donors (Lipinski definition) is 1. The molecular weight excluding hydrogens is 214 g/mol. The lowest BCUT2D eigenvalue weighted by atomic mass is 9.89. The van der Waals surface area contributed by atoms with Crippen molar-refractivity contribution in [2.45, 2.75) is 18.9 Å². The van der Waals surface area contributed by atoms with Gasteiger partial charge in [0, 0.05) is 18.6 Å². The Bertz CT molecular complexity index is 337. The van der Waals surface area contributed by atoms with Gasteiger partial charge in [0.05, 0.1) is 13.7 Å². The minimum Gasteiger partial charge on any atom is -0.497 e. The normalized spacial score (nSPS) is 24.6. The van der Waals surface area contributed by atoms with Crippen LogP contribution in [0.2, 0.25) is 0 Å². The summed E-state index contributed by atoms with van der Waals surface area (Å²) in [7, 11) is 3.73. The van der Waals surface area contributed by atoms with Gasteiger partial charge in [0.2, 0.25) is 0 Å². The van der Waals surface area contributed by atoms with Crippen molar-refractivity contribution in [3.63, 3.8) is 0 Å². The Morgan fingerprint density at radius 1 is 1.35 bits per heavy atom. The molecule has 1 heterocycles. The van der Waals surface area contributed by atoms with Crippen LogP contribution >= 0.6 is 0 Å². The smallest absolute Gasteiger partial charge is 0.118 e. The summed E-state index contributed by atoms with van der Waals surface area (Å²) < 4.78 is 10.7. The molecule has 1 N–H and O–H groups in total. The van der Waals surface area contributed by atoms with Crippen molar-refractivity contribution in [2.75, 3.05) is 27.4 Å². The van der Waals surface area contributed by atoms with Crippen molar-refractivity contribution in [1.29, 1.82) is 0 Å². The minimum atomic E-state index is 0.571. The summed E-state index contributed by atoms with van der Waals surface area (Å²) in [4.78, 5) is 0. The first-order valence-electron chi connectivity index (χ1n) is 6.21. The van der Waals surface area contributed by atoms with E-state index >= 15 is 0 Å². The van der Waals surface area contributed by atoms with E-state index in [2.05, 4.69) is 17.4 Å². The molecule has 0 radical (unpaired) electrons. The quantitative estimate of drug-likeness (QED) is 0.864. The first-order chi connectivity index (χ1) is 8.33. The highest BCUT2D eigenvalue weighted by atomic mass is 16.5. The van der Waals surface area contributed by atoms with Gasteiger partial charge in [-0.05, 0) is 37.6 Å². The molecule has 0 saturated carbocycles. The molecule has 3 heteroatoms. The van der Waals surface area contributed by atoms with E-state index < -0.39 is 0 Å². The number of ether oxygens (including phenoxy) is 2. The van der Waals surface area contributed by atoms with Crippen LogP contribution in [0.1, 0.15) is 12.0 Å². The van der Waals surface area contributed by atoms with Gasteiger partial charge in [-0.15, -0.1) is 0 Å². The van der Waals surface area contributed by atoms with E-state index in [1.807, 2.05) is 19.2 Å². The Kier molecular flexibility index (Phi) is 4.40. The zero-order valence-corrected chi connectivity index (χ0v) is 10.6. The number of hydrogen-bond acceptors (Lipinski definition) is 3. The molecule has 0 spiro atoms. The van der Waals surface area contributed by atoms with Crippen molar-refractivity contribution in [1.82, 2.24) is 5.32 Å². The molecule has 0 amide bonds. The van der Waals surface area contributed by atoms with Gasteiger partial charge >= 0.3 is 0 Å². The number of methoxy groups -OCH3 is 1. The fourth-order valence-corrected chi connectivity index (χ4v) is 2.44. The zero-order valence-electron chi connectivity index (χ0n) is 10.6. The highest BCUT2D eigenvalue weighted by Crippen LogP contribution is 2.21. The summed E-state index contributed by atoms with van der Waals surface area (Å²) >= 11 is 0. The molecular formula is C14H21NO2. The maximum Gasteiger partial charge on any atom is 0.118 e. The summed E-state index contributed by atoms with van der Waals surface area (Å²) in [6, 6.07) is 8.90. The van der Waals surface area contributed by atoms with Gasteiger partial charge in [-0.2, -0.15) is 0 Å². The Balaban J connectivity index is 1.98. The molecule has 3 nitrogen and oxygen atoms in total. The van der Waals surface area contributed by atoms with Gasteiger partial charge in [0.15, 0.2) is 0 Å². The summed E-state index contributed by atoms with van der Waals surface area (Å²) in [5, 5.41) is 3.39. The monoisotopic (exact) mass is 235 g/mol. The Morgan fingerprint density at radius 2 is 2.12 bits per heavy atom. The number of nitrogens with one attached hydrogen (secondary N) is 1. The third kappa shape index (κ3) is 3.20. The SMILES string of the molecule is CN[C@H]1CCOC[C@@H]1Cc1ccc(OC)cc1. The topological polar surface area (TPSA) is 30.5 Å². The van der Waals surface area contributed by atoms with E-state index in [0.717, 1.165) is 31.8 Å². The first kappa shape index (κ1) is 12.4. The second-order valence-electron chi connectivity index (χ2n) is 4.57. The van der Waals surface area contributed by atoms with Crippen LogP contribution in [0.5, 0.6) is 5.75 Å². The van der Waals surface area contributed by atoms with E-state index in [1.165, 1.54) is 5.56 Å². The molecule has 2 atom stereocenters. The summed E-state index contributed by atoms with van der Waals surface area (Å²) in [6.07, 6.45) is 2.17. The van der Waals surface area contributed by atoms with Gasteiger partial charge < -0.3 is 14.8 Å². The van der Waals surface area contributed by atoms with Crippen molar-refractivity contribution in [3.05, 3.63) is 29.8 Å². The predicted octanol–water partition coefficient (Wildman–Crippen LogP) is 1.86. The second kappa shape index (κ2) is 6.03. The molecule has 1 fully saturated rings. The largest absolute Gasteiger partial charge is 0.497 e. The maximum atomic E-state index is 5.57. The van der Waals surface area contributed by atoms with Crippen molar-refractivity contribution < 1.29 is 9.47 Å². The van der Waals surface area contributed by atoms with Crippen molar-refractivity contribution >= 4 is 0 Å². The van der Waals surface area contributed by atoms with Crippen molar-refractivity contribution in [2.24, 2.45) is 5.92 Å². The van der Waals surface area contributed by atoms with Crippen LogP contribution in [0.15, 0.2) is 24.3 Å². The zero-order chi connectivity index (χ0) is 12.1. The highest BCUT2D eigenvalue weighted by molar-refractivity contribution is 5.27. The molecule has 1 aromatic rings. The lowest BCUT2D eigenvalue weighted by Gasteiger charge is -2.31. The molecule has 2 rings (SSSR count). The van der Waals surface area contributed by atoms with Gasteiger partial charge in [-0.3, -0.25) is 0 Å². The average Bonchev–Trinajstić information content (AvgIpc) is 2.40. The first-order valence-corrected chi connectivity index (χ1v) is 6.21. The van der Waals surface area contributed by atoms with Gasteiger partial charge in [-0.1, -0.05) is 12.1 Å². The van der Waals surface area contributed by atoms with Crippen molar-refractivity contribution in [3.8, 4) is 5.75 Å². The van der Waals surface area contributed by atoms with Gasteiger partial charge in [-0.25, -0.2) is 0 Å². The van der Waals surface area contributed by atoms with Crippen LogP contribution in [0.25, 0.3) is 0 Å². The van der Waals surface area contributed by atoms with Crippen LogP contribution in [0.3, 0.4) is 0 Å². The molecule has 0 bridgehead atoms. The predicted molar refractivity (Wildman–Crippen MR) is 68.5 cm³/mol. The highest BCUT2D eigenvalue weighted by Gasteiger charge is 2.24. The Labute approximate surface area is 103 Å².